The SMILES string of the molecule is CC(C)(C)Cn1cc(CNS(=O)C(C)(C)C)c2ccc(B3OC(C)(C)C(C)(C)O3)cc21.FCF. The number of halogens is 2. The maximum Gasteiger partial charge on any atom is 0.494 e. The van der Waals surface area contributed by atoms with E-state index in [0.29, 0.717) is 6.54 Å². The number of aromatic nitrogens is 1. The highest BCUT2D eigenvalue weighted by Gasteiger charge is 2.51. The van der Waals surface area contributed by atoms with Crippen LogP contribution in [0.2, 0.25) is 0 Å². The van der Waals surface area contributed by atoms with Gasteiger partial charge in [0.25, 0.3) is 0 Å². The van der Waals surface area contributed by atoms with Crippen LogP contribution in [0.3, 0.4) is 0 Å². The summed E-state index contributed by atoms with van der Waals surface area (Å²) in [6.45, 7) is 20.7. The minimum absolute atomic E-state index is 0.130. The molecule has 1 saturated heterocycles. The van der Waals surface area contributed by atoms with Crippen molar-refractivity contribution in [3.05, 3.63) is 30.0 Å². The smallest absolute Gasteiger partial charge is 0.399 e. The molecule has 2 aromatic rings. The Kier molecular flexibility index (Phi) is 8.83. The molecule has 0 spiro atoms. The number of benzene rings is 1. The fraction of sp³-hybridized carbons (Fsp3) is 0.680. The second-order valence-corrected chi connectivity index (χ2v) is 14.1. The predicted octanol–water partition coefficient (Wildman–Crippen LogP) is 5.42. The zero-order valence-corrected chi connectivity index (χ0v) is 23.2. The molecule has 1 aliphatic rings. The van der Waals surface area contributed by atoms with Gasteiger partial charge in [-0.2, -0.15) is 0 Å². The van der Waals surface area contributed by atoms with E-state index in [1.807, 2.05) is 20.8 Å². The summed E-state index contributed by atoms with van der Waals surface area (Å²) in [5.41, 5.74) is 2.72. The Morgan fingerprint density at radius 1 is 1.03 bits per heavy atom. The van der Waals surface area contributed by atoms with Crippen molar-refractivity contribution in [1.29, 1.82) is 0 Å². The molecule has 192 valence electrons. The highest BCUT2D eigenvalue weighted by molar-refractivity contribution is 7.84. The average Bonchev–Trinajstić information content (AvgIpc) is 3.11. The van der Waals surface area contributed by atoms with Crippen molar-refractivity contribution < 1.29 is 22.3 Å². The molecule has 34 heavy (non-hydrogen) atoms. The molecule has 5 nitrogen and oxygen atoms in total. The molecule has 0 amide bonds. The van der Waals surface area contributed by atoms with E-state index in [-0.39, 0.29) is 28.5 Å². The van der Waals surface area contributed by atoms with Gasteiger partial charge in [0, 0.05) is 30.2 Å². The van der Waals surface area contributed by atoms with E-state index in [0.717, 1.165) is 23.1 Å². The average molecular weight is 498 g/mol. The highest BCUT2D eigenvalue weighted by atomic mass is 32.2. The number of nitrogens with zero attached hydrogens (tertiary/aromatic N) is 1. The van der Waals surface area contributed by atoms with Gasteiger partial charge in [-0.1, -0.05) is 32.9 Å². The van der Waals surface area contributed by atoms with Crippen LogP contribution in [0.15, 0.2) is 24.4 Å². The summed E-state index contributed by atoms with van der Waals surface area (Å²) < 4.78 is 49.5. The zero-order valence-electron chi connectivity index (χ0n) is 22.3. The summed E-state index contributed by atoms with van der Waals surface area (Å²) in [6.07, 6.45) is 2.19. The minimum Gasteiger partial charge on any atom is -0.399 e. The number of fused-ring (bicyclic) bond motifs is 1. The van der Waals surface area contributed by atoms with Crippen LogP contribution >= 0.6 is 0 Å². The third kappa shape index (κ3) is 6.90. The van der Waals surface area contributed by atoms with Gasteiger partial charge < -0.3 is 13.9 Å². The Bertz CT molecular complexity index is 994. The van der Waals surface area contributed by atoms with Crippen molar-refractivity contribution in [3.63, 3.8) is 0 Å². The van der Waals surface area contributed by atoms with E-state index in [4.69, 9.17) is 9.31 Å². The van der Waals surface area contributed by atoms with E-state index < -0.39 is 17.9 Å². The first kappa shape index (κ1) is 28.9. The lowest BCUT2D eigenvalue weighted by atomic mass is 9.78. The highest BCUT2D eigenvalue weighted by Crippen LogP contribution is 2.37. The van der Waals surface area contributed by atoms with Gasteiger partial charge in [-0.25, -0.2) is 17.7 Å². The van der Waals surface area contributed by atoms with Crippen LogP contribution in [-0.4, -0.2) is 38.8 Å². The third-order valence-electron chi connectivity index (χ3n) is 6.11. The van der Waals surface area contributed by atoms with Gasteiger partial charge in [-0.15, -0.1) is 0 Å². The van der Waals surface area contributed by atoms with Crippen molar-refractivity contribution >= 4 is 34.5 Å². The van der Waals surface area contributed by atoms with E-state index in [9.17, 15) is 13.0 Å². The largest absolute Gasteiger partial charge is 0.494 e. The van der Waals surface area contributed by atoms with Gasteiger partial charge in [0.1, 0.15) is 0 Å². The van der Waals surface area contributed by atoms with E-state index >= 15 is 0 Å². The zero-order chi connectivity index (χ0) is 26.1. The Hall–Kier alpha value is -1.29. The second-order valence-electron chi connectivity index (χ2n) is 12.0. The molecule has 1 unspecified atom stereocenters. The normalized spacial score (nSPS) is 18.6. The molecular formula is C25H41BF2N2O3S. The lowest BCUT2D eigenvalue weighted by Gasteiger charge is -2.32. The van der Waals surface area contributed by atoms with Crippen LogP contribution in [0.1, 0.15) is 74.8 Å². The van der Waals surface area contributed by atoms with Crippen molar-refractivity contribution in [3.8, 4) is 0 Å². The van der Waals surface area contributed by atoms with Gasteiger partial charge in [0.05, 0.1) is 26.9 Å². The molecule has 1 aromatic carbocycles. The fourth-order valence-corrected chi connectivity index (χ4v) is 4.37. The Morgan fingerprint density at radius 3 is 2.03 bits per heavy atom. The van der Waals surface area contributed by atoms with Gasteiger partial charge in [-0.3, -0.25) is 0 Å². The maximum absolute atomic E-state index is 12.5. The van der Waals surface area contributed by atoms with E-state index in [2.05, 4.69) is 82.2 Å². The van der Waals surface area contributed by atoms with Crippen molar-refractivity contribution in [2.45, 2.75) is 98.3 Å². The van der Waals surface area contributed by atoms with Gasteiger partial charge >= 0.3 is 7.12 Å². The van der Waals surface area contributed by atoms with Crippen LogP contribution in [0.4, 0.5) is 8.78 Å². The van der Waals surface area contributed by atoms with Crippen molar-refractivity contribution in [1.82, 2.24) is 9.29 Å². The Balaban J connectivity index is 0.00000129. The molecule has 1 aromatic heterocycles. The summed E-state index contributed by atoms with van der Waals surface area (Å²) in [6, 6.07) is 6.43. The first-order valence-electron chi connectivity index (χ1n) is 11.7. The monoisotopic (exact) mass is 498 g/mol. The first-order valence-corrected chi connectivity index (χ1v) is 12.8. The lowest BCUT2D eigenvalue weighted by molar-refractivity contribution is 0.00578. The summed E-state index contributed by atoms with van der Waals surface area (Å²) >= 11 is 0. The summed E-state index contributed by atoms with van der Waals surface area (Å²) in [5, 5.41) is 1.17. The molecule has 1 N–H and O–H groups in total. The Labute approximate surface area is 206 Å². The molecule has 0 radical (unpaired) electrons. The van der Waals surface area contributed by atoms with Crippen LogP contribution in [0.5, 0.6) is 0 Å². The number of hydrogen-bond donors (Lipinski definition) is 1. The van der Waals surface area contributed by atoms with Crippen LogP contribution in [0, 0.1) is 5.41 Å². The molecule has 3 rings (SSSR count). The molecule has 9 heteroatoms. The van der Waals surface area contributed by atoms with Crippen LogP contribution < -0.4 is 10.2 Å². The fourth-order valence-electron chi connectivity index (χ4n) is 3.65. The van der Waals surface area contributed by atoms with Gasteiger partial charge in [0.15, 0.2) is 0 Å². The molecular weight excluding hydrogens is 457 g/mol. The van der Waals surface area contributed by atoms with Gasteiger partial charge in [-0.05, 0) is 71.0 Å². The lowest BCUT2D eigenvalue weighted by Crippen LogP contribution is -2.41. The molecule has 1 aliphatic heterocycles. The van der Waals surface area contributed by atoms with E-state index in [1.165, 1.54) is 5.39 Å². The topological polar surface area (TPSA) is 52.5 Å². The molecule has 1 fully saturated rings. The summed E-state index contributed by atoms with van der Waals surface area (Å²) in [7, 11) is -1.50. The first-order chi connectivity index (χ1) is 15.4. The Morgan fingerprint density at radius 2 is 1.56 bits per heavy atom. The van der Waals surface area contributed by atoms with Gasteiger partial charge in [0.2, 0.25) is 6.93 Å². The molecule has 0 aliphatic carbocycles. The standard InChI is InChI=1S/C24H39BN2O3S.CH2F2/c1-21(2,3)16-27-15-17(14-26-31(28)22(4,5)6)19-12-11-18(13-20(19)27)25-29-23(7,8)24(9,10)30-25;2-1-3/h11-13,15,26H,14,16H2,1-10H3;1H2. The predicted molar refractivity (Wildman–Crippen MR) is 139 cm³/mol. The summed E-state index contributed by atoms with van der Waals surface area (Å²) in [4.78, 5) is 0. The summed E-state index contributed by atoms with van der Waals surface area (Å²) in [5.74, 6) is 0. The third-order valence-corrected chi connectivity index (χ3v) is 7.63. The molecule has 2 heterocycles. The second kappa shape index (κ2) is 10.4. The number of alkyl halides is 2. The van der Waals surface area contributed by atoms with E-state index in [1.54, 1.807) is 0 Å². The molecule has 0 bridgehead atoms. The van der Waals surface area contributed by atoms with Crippen LogP contribution in [-0.2, 0) is 33.4 Å². The van der Waals surface area contributed by atoms with Crippen molar-refractivity contribution in [2.24, 2.45) is 5.41 Å². The van der Waals surface area contributed by atoms with Crippen LogP contribution in [0.25, 0.3) is 10.9 Å². The molecule has 0 saturated carbocycles. The number of hydrogen-bond acceptors (Lipinski definition) is 3. The minimum atomic E-state index is -1.75. The molecule has 1 atom stereocenters. The quantitative estimate of drug-likeness (QED) is 0.560. The number of rotatable bonds is 5. The van der Waals surface area contributed by atoms with Crippen molar-refractivity contribution in [2.75, 3.05) is 6.93 Å². The number of nitrogens with one attached hydrogen (secondary N) is 1. The maximum atomic E-state index is 12.5.